The Labute approximate surface area is 214 Å². The number of carbonyl (C=O) groups excluding carboxylic acids is 2. The van der Waals surface area contributed by atoms with Gasteiger partial charge in [-0.1, -0.05) is 18.1 Å². The summed E-state index contributed by atoms with van der Waals surface area (Å²) in [6, 6.07) is 8.70. The monoisotopic (exact) mass is 504 g/mol. The van der Waals surface area contributed by atoms with Gasteiger partial charge in [0, 0.05) is 36.1 Å². The zero-order valence-electron chi connectivity index (χ0n) is 21.0. The number of nitrogens with zero attached hydrogens (tertiary/aromatic N) is 3. The third-order valence-electron chi connectivity index (χ3n) is 7.42. The number of urea groups is 1. The number of hydrogen-bond donors (Lipinski definition) is 2. The van der Waals surface area contributed by atoms with E-state index in [4.69, 9.17) is 11.2 Å². The van der Waals surface area contributed by atoms with Gasteiger partial charge in [-0.05, 0) is 55.8 Å². The number of fused-ring (bicyclic) bond motifs is 4. The highest BCUT2D eigenvalue weighted by molar-refractivity contribution is 6.08. The van der Waals surface area contributed by atoms with Gasteiger partial charge in [0.2, 0.25) is 0 Å². The van der Waals surface area contributed by atoms with Gasteiger partial charge in [-0.3, -0.25) is 19.5 Å². The summed E-state index contributed by atoms with van der Waals surface area (Å²) in [7, 11) is 3.29. The second-order valence-electron chi connectivity index (χ2n) is 9.87. The van der Waals surface area contributed by atoms with Crippen molar-refractivity contribution in [2.45, 2.75) is 31.3 Å². The Kier molecular flexibility index (Phi) is 6.08. The number of aromatic amines is 1. The summed E-state index contributed by atoms with van der Waals surface area (Å²) in [5.41, 5.74) is 1.15. The van der Waals surface area contributed by atoms with Crippen LogP contribution in [0.15, 0.2) is 36.4 Å². The zero-order valence-corrected chi connectivity index (χ0v) is 21.0. The molecular formula is C28H29FN4O4. The first-order valence-electron chi connectivity index (χ1n) is 12.1. The van der Waals surface area contributed by atoms with E-state index >= 15 is 4.39 Å². The number of ether oxygens (including phenoxy) is 1. The number of aromatic hydroxyl groups is 1. The van der Waals surface area contributed by atoms with Gasteiger partial charge in [0.25, 0.3) is 5.91 Å². The quantitative estimate of drug-likeness (QED) is 0.379. The van der Waals surface area contributed by atoms with Crippen LogP contribution in [0.3, 0.4) is 0 Å². The number of methoxy groups -OCH3 is 1. The molecule has 2 aromatic carbocycles. The Balaban J connectivity index is 1.62. The largest absolute Gasteiger partial charge is 0.508 e. The lowest BCUT2D eigenvalue weighted by Crippen LogP contribution is -2.53. The van der Waals surface area contributed by atoms with E-state index in [0.717, 1.165) is 0 Å². The Morgan fingerprint density at radius 2 is 2.11 bits per heavy atom. The molecule has 2 N–H and O–H groups in total. The SMILES string of the molecule is C#CCN(C)CCCN1C(=O)N2C(c3cccc(O)c3)c3[nH]c4ccc(OC)c(F)c4c3CC2(C)C1=O. The van der Waals surface area contributed by atoms with Crippen molar-refractivity contribution in [2.24, 2.45) is 0 Å². The molecule has 0 spiro atoms. The van der Waals surface area contributed by atoms with Crippen LogP contribution in [-0.2, 0) is 11.2 Å². The van der Waals surface area contributed by atoms with Crippen molar-refractivity contribution in [3.05, 3.63) is 59.0 Å². The molecule has 0 aliphatic carbocycles. The van der Waals surface area contributed by atoms with Crippen molar-refractivity contribution in [1.82, 2.24) is 19.7 Å². The molecule has 192 valence electrons. The van der Waals surface area contributed by atoms with E-state index in [2.05, 4.69) is 10.9 Å². The molecule has 9 heteroatoms. The summed E-state index contributed by atoms with van der Waals surface area (Å²) >= 11 is 0. The lowest BCUT2D eigenvalue weighted by molar-refractivity contribution is -0.133. The molecule has 2 atom stereocenters. The average Bonchev–Trinajstić information content (AvgIpc) is 3.31. The van der Waals surface area contributed by atoms with Gasteiger partial charge in [0.05, 0.1) is 13.7 Å². The van der Waals surface area contributed by atoms with Crippen LogP contribution in [-0.4, -0.2) is 76.1 Å². The van der Waals surface area contributed by atoms with E-state index < -0.39 is 23.4 Å². The fourth-order valence-electron chi connectivity index (χ4n) is 5.68. The highest BCUT2D eigenvalue weighted by atomic mass is 19.1. The van der Waals surface area contributed by atoms with Crippen LogP contribution in [0.25, 0.3) is 10.9 Å². The Hall–Kier alpha value is -4.03. The predicted octanol–water partition coefficient (Wildman–Crippen LogP) is 3.64. The number of aromatic nitrogens is 1. The van der Waals surface area contributed by atoms with Crippen LogP contribution in [0.5, 0.6) is 11.5 Å². The van der Waals surface area contributed by atoms with Crippen molar-refractivity contribution in [3.63, 3.8) is 0 Å². The maximum atomic E-state index is 15.5. The Morgan fingerprint density at radius 1 is 1.32 bits per heavy atom. The number of hydrogen-bond acceptors (Lipinski definition) is 5. The van der Waals surface area contributed by atoms with Crippen molar-refractivity contribution >= 4 is 22.8 Å². The van der Waals surface area contributed by atoms with Gasteiger partial charge in [-0.2, -0.15) is 0 Å². The minimum Gasteiger partial charge on any atom is -0.508 e. The summed E-state index contributed by atoms with van der Waals surface area (Å²) in [5.74, 6) is 1.86. The number of phenolic OH excluding ortho intramolecular Hbond substituents is 1. The fourth-order valence-corrected chi connectivity index (χ4v) is 5.68. The lowest BCUT2D eigenvalue weighted by Gasteiger charge is -2.42. The van der Waals surface area contributed by atoms with Gasteiger partial charge in [-0.25, -0.2) is 9.18 Å². The molecule has 37 heavy (non-hydrogen) atoms. The third kappa shape index (κ3) is 3.80. The first-order chi connectivity index (χ1) is 17.7. The highest BCUT2D eigenvalue weighted by Gasteiger charge is 2.60. The molecule has 0 saturated carbocycles. The summed E-state index contributed by atoms with van der Waals surface area (Å²) < 4.78 is 20.7. The molecule has 2 aliphatic heterocycles. The van der Waals surface area contributed by atoms with Crippen LogP contribution in [0.2, 0.25) is 0 Å². The van der Waals surface area contributed by atoms with Gasteiger partial charge in [-0.15, -0.1) is 6.42 Å². The summed E-state index contributed by atoms with van der Waals surface area (Å²) in [4.78, 5) is 35.8. The van der Waals surface area contributed by atoms with Crippen molar-refractivity contribution in [1.29, 1.82) is 0 Å². The Morgan fingerprint density at radius 3 is 2.81 bits per heavy atom. The van der Waals surface area contributed by atoms with Gasteiger partial charge in [0.15, 0.2) is 11.6 Å². The number of H-pyrrole nitrogens is 1. The molecule has 3 heterocycles. The molecule has 1 saturated heterocycles. The number of carbonyl (C=O) groups is 2. The normalized spacial score (nSPS) is 20.9. The third-order valence-corrected chi connectivity index (χ3v) is 7.42. The molecule has 3 amide bonds. The predicted molar refractivity (Wildman–Crippen MR) is 137 cm³/mol. The number of benzene rings is 2. The zero-order chi connectivity index (χ0) is 26.5. The van der Waals surface area contributed by atoms with Crippen LogP contribution >= 0.6 is 0 Å². The number of imide groups is 1. The minimum absolute atomic E-state index is 0.0293. The average molecular weight is 505 g/mol. The van der Waals surface area contributed by atoms with Crippen molar-refractivity contribution < 1.29 is 23.8 Å². The van der Waals surface area contributed by atoms with E-state index in [0.29, 0.717) is 47.2 Å². The van der Waals surface area contributed by atoms with Crippen molar-refractivity contribution in [3.8, 4) is 23.8 Å². The molecule has 2 unspecified atom stereocenters. The van der Waals surface area contributed by atoms with Gasteiger partial charge >= 0.3 is 6.03 Å². The number of terminal acetylenes is 1. The molecule has 1 fully saturated rings. The maximum absolute atomic E-state index is 15.5. The number of nitrogens with one attached hydrogen (secondary N) is 1. The summed E-state index contributed by atoms with van der Waals surface area (Å²) in [5, 5.41) is 10.6. The van der Waals surface area contributed by atoms with Gasteiger partial charge in [0.1, 0.15) is 17.3 Å². The van der Waals surface area contributed by atoms with E-state index in [9.17, 15) is 14.7 Å². The molecule has 5 rings (SSSR count). The van der Waals surface area contributed by atoms with Crippen LogP contribution < -0.4 is 4.74 Å². The number of amides is 3. The molecule has 0 bridgehead atoms. The van der Waals surface area contributed by atoms with E-state index in [1.54, 1.807) is 42.2 Å². The van der Waals surface area contributed by atoms with E-state index in [1.807, 2.05) is 11.9 Å². The maximum Gasteiger partial charge on any atom is 0.328 e. The first-order valence-corrected chi connectivity index (χ1v) is 12.1. The number of phenols is 1. The van der Waals surface area contributed by atoms with E-state index in [1.165, 1.54) is 18.1 Å². The lowest BCUT2D eigenvalue weighted by atomic mass is 9.81. The standard InChI is InChI=1S/C28H29FN4O4/c1-5-12-31(3)13-7-14-32-26(35)28(2)16-19-22-20(10-11-21(37-4)23(22)29)30-24(19)25(33(28)27(32)36)17-8-6-9-18(34)15-17/h1,6,8-11,15,25,30,34H,7,12-14,16H2,2-4H3. The molecule has 2 aliphatic rings. The molecule has 3 aromatic rings. The first kappa shape index (κ1) is 24.7. The van der Waals surface area contributed by atoms with E-state index in [-0.39, 0.29) is 30.4 Å². The molecular weight excluding hydrogens is 475 g/mol. The van der Waals surface area contributed by atoms with Crippen molar-refractivity contribution in [2.75, 3.05) is 33.8 Å². The molecule has 1 aromatic heterocycles. The summed E-state index contributed by atoms with van der Waals surface area (Å²) in [6.07, 6.45) is 6.08. The van der Waals surface area contributed by atoms with Crippen LogP contribution in [0, 0.1) is 18.2 Å². The minimum atomic E-state index is -1.24. The summed E-state index contributed by atoms with van der Waals surface area (Å²) in [6.45, 7) is 3.07. The molecule has 8 nitrogen and oxygen atoms in total. The smallest absolute Gasteiger partial charge is 0.328 e. The Bertz CT molecular complexity index is 1440. The highest BCUT2D eigenvalue weighted by Crippen LogP contribution is 2.49. The van der Waals surface area contributed by atoms with Crippen LogP contribution in [0.1, 0.15) is 36.2 Å². The number of halogens is 1. The molecule has 0 radical (unpaired) electrons. The fraction of sp³-hybridized carbons (Fsp3) is 0.357. The topological polar surface area (TPSA) is 89.1 Å². The van der Waals surface area contributed by atoms with Gasteiger partial charge < -0.3 is 14.8 Å². The van der Waals surface area contributed by atoms with Crippen LogP contribution in [0.4, 0.5) is 9.18 Å². The second kappa shape index (κ2) is 9.12. The number of rotatable bonds is 7. The second-order valence-corrected chi connectivity index (χ2v) is 9.87.